The Morgan fingerprint density at radius 1 is 1.10 bits per heavy atom. The maximum absolute atomic E-state index is 11.1. The average Bonchev–Trinajstić information content (AvgIpc) is 2.43. The van der Waals surface area contributed by atoms with Crippen LogP contribution in [0.15, 0.2) is 24.3 Å². The highest BCUT2D eigenvalue weighted by atomic mass is 16.5. The molecule has 0 saturated carbocycles. The van der Waals surface area contributed by atoms with Crippen LogP contribution in [0.1, 0.15) is 45.1 Å². The molecule has 0 fully saturated rings. The van der Waals surface area contributed by atoms with Crippen LogP contribution in [-0.4, -0.2) is 20.2 Å². The van der Waals surface area contributed by atoms with Gasteiger partial charge in [0.15, 0.2) is 0 Å². The Balaban J connectivity index is 2.37. The van der Waals surface area contributed by atoms with Gasteiger partial charge in [-0.25, -0.2) is 0 Å². The number of rotatable bonds is 8. The van der Waals surface area contributed by atoms with Crippen molar-refractivity contribution in [1.29, 1.82) is 0 Å². The summed E-state index contributed by atoms with van der Waals surface area (Å²) < 4.78 is 9.82. The third kappa shape index (κ3) is 6.09. The lowest BCUT2D eigenvalue weighted by Crippen LogP contribution is -2.15. The van der Waals surface area contributed by atoms with Gasteiger partial charge in [-0.2, -0.15) is 0 Å². The van der Waals surface area contributed by atoms with E-state index in [-0.39, 0.29) is 11.4 Å². The first kappa shape index (κ1) is 16.5. The molecule has 112 valence electrons. The van der Waals surface area contributed by atoms with Crippen LogP contribution in [0, 0.1) is 5.41 Å². The third-order valence-electron chi connectivity index (χ3n) is 3.55. The summed E-state index contributed by atoms with van der Waals surface area (Å²) in [6.45, 7) is 4.55. The molecule has 20 heavy (non-hydrogen) atoms. The molecule has 0 radical (unpaired) electrons. The molecule has 0 spiro atoms. The first-order chi connectivity index (χ1) is 9.46. The van der Waals surface area contributed by atoms with Crippen molar-refractivity contribution in [3.05, 3.63) is 29.8 Å². The number of unbranched alkanes of at least 4 members (excludes halogenated alkanes) is 1. The van der Waals surface area contributed by atoms with Gasteiger partial charge in [-0.15, -0.1) is 0 Å². The first-order valence-electron chi connectivity index (χ1n) is 7.16. The summed E-state index contributed by atoms with van der Waals surface area (Å²) in [5, 5.41) is 0. The third-order valence-corrected chi connectivity index (χ3v) is 3.55. The Morgan fingerprint density at radius 2 is 1.75 bits per heavy atom. The molecule has 0 atom stereocenters. The fourth-order valence-corrected chi connectivity index (χ4v) is 2.36. The van der Waals surface area contributed by atoms with E-state index in [2.05, 4.69) is 30.7 Å². The Labute approximate surface area is 122 Å². The van der Waals surface area contributed by atoms with E-state index in [1.165, 1.54) is 12.7 Å². The Hall–Kier alpha value is -1.51. The molecule has 3 heteroatoms. The number of carbonyl (C=O) groups is 1. The van der Waals surface area contributed by atoms with Crippen molar-refractivity contribution in [3.63, 3.8) is 0 Å². The molecule has 0 amide bonds. The van der Waals surface area contributed by atoms with Gasteiger partial charge in [0.1, 0.15) is 5.75 Å². The Kier molecular flexibility index (Phi) is 6.56. The highest BCUT2D eigenvalue weighted by Crippen LogP contribution is 2.29. The van der Waals surface area contributed by atoms with E-state index in [0.29, 0.717) is 6.42 Å². The molecule has 0 unspecified atom stereocenters. The van der Waals surface area contributed by atoms with Crippen LogP contribution in [0.5, 0.6) is 5.75 Å². The first-order valence-corrected chi connectivity index (χ1v) is 7.16. The minimum Gasteiger partial charge on any atom is -0.497 e. The summed E-state index contributed by atoms with van der Waals surface area (Å²) in [5.41, 5.74) is 1.56. The molecule has 0 bridgehead atoms. The molecule has 1 aromatic rings. The van der Waals surface area contributed by atoms with Gasteiger partial charge in [0.05, 0.1) is 14.2 Å². The maximum Gasteiger partial charge on any atom is 0.305 e. The normalized spacial score (nSPS) is 11.2. The van der Waals surface area contributed by atoms with Crippen LogP contribution >= 0.6 is 0 Å². The molecule has 3 nitrogen and oxygen atoms in total. The van der Waals surface area contributed by atoms with Crippen molar-refractivity contribution >= 4 is 5.97 Å². The van der Waals surface area contributed by atoms with Crippen LogP contribution in [-0.2, 0) is 16.0 Å². The SMILES string of the molecule is COC(=O)CCCCC(C)(C)Cc1ccc(OC)cc1. The van der Waals surface area contributed by atoms with Crippen molar-refractivity contribution in [3.8, 4) is 5.75 Å². The topological polar surface area (TPSA) is 35.5 Å². The van der Waals surface area contributed by atoms with Crippen LogP contribution in [0.4, 0.5) is 0 Å². The molecule has 0 aliphatic heterocycles. The second-order valence-corrected chi connectivity index (χ2v) is 5.97. The average molecular weight is 278 g/mol. The monoisotopic (exact) mass is 278 g/mol. The van der Waals surface area contributed by atoms with Gasteiger partial charge in [0.2, 0.25) is 0 Å². The summed E-state index contributed by atoms with van der Waals surface area (Å²) >= 11 is 0. The van der Waals surface area contributed by atoms with Crippen molar-refractivity contribution in [2.24, 2.45) is 5.41 Å². The minimum atomic E-state index is -0.113. The standard InChI is InChI=1S/C17H26O3/c1-17(2,12-6-5-7-16(18)20-4)13-14-8-10-15(19-3)11-9-14/h8-11H,5-7,12-13H2,1-4H3. The van der Waals surface area contributed by atoms with Gasteiger partial charge < -0.3 is 9.47 Å². The zero-order valence-corrected chi connectivity index (χ0v) is 13.1. The fraction of sp³-hybridized carbons (Fsp3) is 0.588. The van der Waals surface area contributed by atoms with E-state index in [1.807, 2.05) is 12.1 Å². The summed E-state index contributed by atoms with van der Waals surface area (Å²) in [7, 11) is 3.12. The second kappa shape index (κ2) is 7.93. The molecular weight excluding hydrogens is 252 g/mol. The fourth-order valence-electron chi connectivity index (χ4n) is 2.36. The molecule has 0 heterocycles. The maximum atomic E-state index is 11.1. The highest BCUT2D eigenvalue weighted by molar-refractivity contribution is 5.68. The van der Waals surface area contributed by atoms with E-state index in [9.17, 15) is 4.79 Å². The van der Waals surface area contributed by atoms with Gasteiger partial charge in [-0.3, -0.25) is 4.79 Å². The van der Waals surface area contributed by atoms with Crippen LogP contribution in [0.25, 0.3) is 0 Å². The van der Waals surface area contributed by atoms with Crippen molar-refractivity contribution in [2.45, 2.75) is 46.0 Å². The molecule has 0 N–H and O–H groups in total. The predicted octanol–water partition coefficient (Wildman–Crippen LogP) is 4.00. The smallest absolute Gasteiger partial charge is 0.305 e. The van der Waals surface area contributed by atoms with Gasteiger partial charge in [-0.05, 0) is 42.4 Å². The summed E-state index contributed by atoms with van der Waals surface area (Å²) in [4.78, 5) is 11.1. The van der Waals surface area contributed by atoms with E-state index in [0.717, 1.165) is 31.4 Å². The van der Waals surface area contributed by atoms with Crippen LogP contribution in [0.2, 0.25) is 0 Å². The lowest BCUT2D eigenvalue weighted by molar-refractivity contribution is -0.140. The van der Waals surface area contributed by atoms with Gasteiger partial charge in [0.25, 0.3) is 0 Å². The van der Waals surface area contributed by atoms with Gasteiger partial charge in [-0.1, -0.05) is 32.4 Å². The number of carbonyl (C=O) groups excluding carboxylic acids is 1. The minimum absolute atomic E-state index is 0.113. The van der Waals surface area contributed by atoms with E-state index in [1.54, 1.807) is 7.11 Å². The van der Waals surface area contributed by atoms with E-state index >= 15 is 0 Å². The number of hydrogen-bond acceptors (Lipinski definition) is 3. The number of ether oxygens (including phenoxy) is 2. The number of benzene rings is 1. The molecule has 1 aromatic carbocycles. The van der Waals surface area contributed by atoms with Crippen LogP contribution < -0.4 is 4.74 Å². The summed E-state index contributed by atoms with van der Waals surface area (Å²) in [6, 6.07) is 8.25. The molecular formula is C17H26O3. The van der Waals surface area contributed by atoms with Gasteiger partial charge >= 0.3 is 5.97 Å². The Bertz CT molecular complexity index is 407. The zero-order valence-electron chi connectivity index (χ0n) is 13.1. The second-order valence-electron chi connectivity index (χ2n) is 5.97. The molecule has 0 saturated heterocycles. The quantitative estimate of drug-likeness (QED) is 0.532. The van der Waals surface area contributed by atoms with Crippen LogP contribution in [0.3, 0.4) is 0 Å². The van der Waals surface area contributed by atoms with Gasteiger partial charge in [0, 0.05) is 6.42 Å². The predicted molar refractivity (Wildman–Crippen MR) is 81.0 cm³/mol. The Morgan fingerprint density at radius 3 is 2.30 bits per heavy atom. The summed E-state index contributed by atoms with van der Waals surface area (Å²) in [6.07, 6.45) is 4.62. The number of methoxy groups -OCH3 is 2. The zero-order chi connectivity index (χ0) is 15.0. The van der Waals surface area contributed by atoms with E-state index < -0.39 is 0 Å². The molecule has 0 aliphatic rings. The molecule has 0 aromatic heterocycles. The largest absolute Gasteiger partial charge is 0.497 e. The van der Waals surface area contributed by atoms with E-state index in [4.69, 9.17) is 4.74 Å². The highest BCUT2D eigenvalue weighted by Gasteiger charge is 2.18. The van der Waals surface area contributed by atoms with Crippen molar-refractivity contribution in [2.75, 3.05) is 14.2 Å². The lowest BCUT2D eigenvalue weighted by atomic mass is 9.81. The summed E-state index contributed by atoms with van der Waals surface area (Å²) in [5.74, 6) is 0.780. The number of hydrogen-bond donors (Lipinski definition) is 0. The lowest BCUT2D eigenvalue weighted by Gasteiger charge is -2.24. The number of esters is 1. The van der Waals surface area contributed by atoms with Crippen molar-refractivity contribution in [1.82, 2.24) is 0 Å². The molecule has 0 aliphatic carbocycles. The van der Waals surface area contributed by atoms with Crippen molar-refractivity contribution < 1.29 is 14.3 Å². The molecule has 1 rings (SSSR count).